The number of hydrogen-bond acceptors (Lipinski definition) is 6. The van der Waals surface area contributed by atoms with Crippen molar-refractivity contribution in [3.05, 3.63) is 95.0 Å². The number of carbonyl (C=O) groups excluding carboxylic acids is 1. The number of nitrogens with zero attached hydrogens (tertiary/aromatic N) is 2. The Hall–Kier alpha value is -4.72. The van der Waals surface area contributed by atoms with Crippen LogP contribution in [-0.4, -0.2) is 22.4 Å². The Bertz CT molecular complexity index is 1500. The number of ether oxygens (including phenoxy) is 1. The van der Waals surface area contributed by atoms with Crippen molar-refractivity contribution in [3.63, 3.8) is 0 Å². The Labute approximate surface area is 187 Å². The van der Waals surface area contributed by atoms with Crippen LogP contribution in [-0.2, 0) is 4.79 Å². The molecule has 5 rings (SSSR count). The number of benzene rings is 4. The highest BCUT2D eigenvalue weighted by atomic mass is 16.6. The van der Waals surface area contributed by atoms with Gasteiger partial charge < -0.3 is 14.5 Å². The summed E-state index contributed by atoms with van der Waals surface area (Å²) in [5.41, 5.74) is 2.38. The number of fused-ring (bicyclic) bond motifs is 2. The number of nitrogens with one attached hydrogen (secondary N) is 1. The zero-order chi connectivity index (χ0) is 22.8. The topological polar surface area (TPSA) is 108 Å². The van der Waals surface area contributed by atoms with Gasteiger partial charge in [0.2, 0.25) is 5.89 Å². The molecule has 0 atom stereocenters. The van der Waals surface area contributed by atoms with Crippen LogP contribution in [0.1, 0.15) is 0 Å². The van der Waals surface area contributed by atoms with Crippen LogP contribution in [0.4, 0.5) is 11.4 Å². The summed E-state index contributed by atoms with van der Waals surface area (Å²) in [4.78, 5) is 27.4. The number of rotatable bonds is 6. The number of amides is 1. The average Bonchev–Trinajstić information content (AvgIpc) is 3.25. The van der Waals surface area contributed by atoms with Crippen molar-refractivity contribution in [1.82, 2.24) is 4.98 Å². The highest BCUT2D eigenvalue weighted by molar-refractivity contribution is 5.97. The molecule has 1 amide bonds. The van der Waals surface area contributed by atoms with Gasteiger partial charge in [0.15, 0.2) is 17.9 Å². The first kappa shape index (κ1) is 20.2. The molecule has 1 aromatic heterocycles. The van der Waals surface area contributed by atoms with E-state index in [0.29, 0.717) is 22.7 Å². The number of nitro groups is 1. The van der Waals surface area contributed by atoms with Crippen molar-refractivity contribution in [1.29, 1.82) is 0 Å². The van der Waals surface area contributed by atoms with Gasteiger partial charge in [0.25, 0.3) is 5.91 Å². The van der Waals surface area contributed by atoms with Crippen molar-refractivity contribution in [2.75, 3.05) is 11.9 Å². The standard InChI is InChI=1S/C25H17N3O5/c29-24(15-32-23-11-4-3-10-21(23)28(30)31)26-17-12-13-22-20(14-17)27-25(33-22)19-9-5-7-16-6-1-2-8-18(16)19/h1-14H,15H2,(H,26,29). The van der Waals surface area contributed by atoms with Crippen molar-refractivity contribution in [3.8, 4) is 17.2 Å². The van der Waals surface area contributed by atoms with Crippen molar-refractivity contribution in [2.24, 2.45) is 0 Å². The van der Waals surface area contributed by atoms with Crippen LogP contribution in [0.2, 0.25) is 0 Å². The lowest BCUT2D eigenvalue weighted by Crippen LogP contribution is -2.20. The summed E-state index contributed by atoms with van der Waals surface area (Å²) in [6.45, 7) is -0.372. The molecule has 0 bridgehead atoms. The lowest BCUT2D eigenvalue weighted by Gasteiger charge is -2.07. The molecule has 0 saturated carbocycles. The number of anilines is 1. The van der Waals surface area contributed by atoms with Gasteiger partial charge in [-0.1, -0.05) is 48.5 Å². The van der Waals surface area contributed by atoms with Crippen LogP contribution in [0.3, 0.4) is 0 Å². The molecule has 0 fully saturated rings. The Morgan fingerprint density at radius 2 is 1.79 bits per heavy atom. The predicted molar refractivity (Wildman–Crippen MR) is 124 cm³/mol. The molecule has 33 heavy (non-hydrogen) atoms. The van der Waals surface area contributed by atoms with E-state index in [1.54, 1.807) is 24.3 Å². The second kappa shape index (κ2) is 8.43. The summed E-state index contributed by atoms with van der Waals surface area (Å²) in [6, 6.07) is 25.0. The molecular weight excluding hydrogens is 422 g/mol. The number of carbonyl (C=O) groups is 1. The van der Waals surface area contributed by atoms with E-state index in [9.17, 15) is 14.9 Å². The maximum absolute atomic E-state index is 12.3. The van der Waals surface area contributed by atoms with E-state index >= 15 is 0 Å². The zero-order valence-electron chi connectivity index (χ0n) is 17.2. The molecule has 4 aromatic carbocycles. The molecule has 8 nitrogen and oxygen atoms in total. The molecule has 0 saturated heterocycles. The quantitative estimate of drug-likeness (QED) is 0.274. The molecule has 0 aliphatic carbocycles. The SMILES string of the molecule is O=C(COc1ccccc1[N+](=O)[O-])Nc1ccc2oc(-c3cccc4ccccc34)nc2c1. The van der Waals surface area contributed by atoms with Crippen LogP contribution in [0.5, 0.6) is 5.75 Å². The highest BCUT2D eigenvalue weighted by Gasteiger charge is 2.16. The van der Waals surface area contributed by atoms with E-state index in [-0.39, 0.29) is 18.0 Å². The third-order valence-electron chi connectivity index (χ3n) is 5.11. The van der Waals surface area contributed by atoms with E-state index in [0.717, 1.165) is 16.3 Å². The Morgan fingerprint density at radius 1 is 1.00 bits per heavy atom. The van der Waals surface area contributed by atoms with E-state index in [4.69, 9.17) is 9.15 Å². The number of aromatic nitrogens is 1. The number of para-hydroxylation sites is 2. The van der Waals surface area contributed by atoms with E-state index in [2.05, 4.69) is 10.3 Å². The molecule has 8 heteroatoms. The summed E-state index contributed by atoms with van der Waals surface area (Å²) in [5.74, 6) is 0.0691. The maximum atomic E-state index is 12.3. The normalized spacial score (nSPS) is 10.9. The van der Waals surface area contributed by atoms with Gasteiger partial charge >= 0.3 is 5.69 Å². The van der Waals surface area contributed by atoms with Gasteiger partial charge in [-0.25, -0.2) is 4.98 Å². The first-order valence-corrected chi connectivity index (χ1v) is 10.1. The third-order valence-corrected chi connectivity index (χ3v) is 5.11. The van der Waals surface area contributed by atoms with Gasteiger partial charge in [0, 0.05) is 17.3 Å². The molecule has 0 unspecified atom stereocenters. The lowest BCUT2D eigenvalue weighted by molar-refractivity contribution is -0.385. The summed E-state index contributed by atoms with van der Waals surface area (Å²) in [5, 5.41) is 15.9. The minimum Gasteiger partial charge on any atom is -0.477 e. The van der Waals surface area contributed by atoms with Gasteiger partial charge in [-0.05, 0) is 41.1 Å². The fraction of sp³-hybridized carbons (Fsp3) is 0.0400. The average molecular weight is 439 g/mol. The van der Waals surface area contributed by atoms with Crippen molar-refractivity contribution >= 4 is 39.2 Å². The molecule has 5 aromatic rings. The van der Waals surface area contributed by atoms with Gasteiger partial charge in [-0.3, -0.25) is 14.9 Å². The summed E-state index contributed by atoms with van der Waals surface area (Å²) < 4.78 is 11.3. The molecule has 0 aliphatic rings. The maximum Gasteiger partial charge on any atom is 0.310 e. The van der Waals surface area contributed by atoms with Crippen molar-refractivity contribution in [2.45, 2.75) is 0 Å². The largest absolute Gasteiger partial charge is 0.477 e. The van der Waals surface area contributed by atoms with E-state index < -0.39 is 10.8 Å². The molecule has 1 N–H and O–H groups in total. The van der Waals surface area contributed by atoms with Crippen LogP contribution in [0.25, 0.3) is 33.3 Å². The van der Waals surface area contributed by atoms with Crippen LogP contribution < -0.4 is 10.1 Å². The number of hydrogen-bond donors (Lipinski definition) is 1. The Morgan fingerprint density at radius 3 is 2.67 bits per heavy atom. The summed E-state index contributed by atoms with van der Waals surface area (Å²) in [7, 11) is 0. The van der Waals surface area contributed by atoms with Gasteiger partial charge in [0.1, 0.15) is 5.52 Å². The van der Waals surface area contributed by atoms with Gasteiger partial charge in [-0.2, -0.15) is 0 Å². The number of oxazole rings is 1. The molecule has 0 radical (unpaired) electrons. The van der Waals surface area contributed by atoms with Crippen LogP contribution >= 0.6 is 0 Å². The molecule has 0 aliphatic heterocycles. The van der Waals surface area contributed by atoms with E-state index in [1.165, 1.54) is 18.2 Å². The van der Waals surface area contributed by atoms with Crippen LogP contribution in [0, 0.1) is 10.1 Å². The molecular formula is C25H17N3O5. The number of nitro benzene ring substituents is 1. The first-order chi connectivity index (χ1) is 16.1. The highest BCUT2D eigenvalue weighted by Crippen LogP contribution is 2.31. The van der Waals surface area contributed by atoms with E-state index in [1.807, 2.05) is 42.5 Å². The monoisotopic (exact) mass is 439 g/mol. The molecule has 0 spiro atoms. The fourth-order valence-corrected chi connectivity index (χ4v) is 3.60. The third kappa shape index (κ3) is 4.09. The molecule has 1 heterocycles. The Kier molecular flexibility index (Phi) is 5.16. The minimum absolute atomic E-state index is 0.0318. The predicted octanol–water partition coefficient (Wildman–Crippen LogP) is 5.57. The summed E-state index contributed by atoms with van der Waals surface area (Å²) in [6.07, 6.45) is 0. The zero-order valence-corrected chi connectivity index (χ0v) is 17.2. The second-order valence-electron chi connectivity index (χ2n) is 7.29. The Balaban J connectivity index is 1.34. The summed E-state index contributed by atoms with van der Waals surface area (Å²) >= 11 is 0. The van der Waals surface area contributed by atoms with Crippen LogP contribution in [0.15, 0.2) is 89.3 Å². The first-order valence-electron chi connectivity index (χ1n) is 10.1. The smallest absolute Gasteiger partial charge is 0.310 e. The molecule has 162 valence electrons. The van der Waals surface area contributed by atoms with Gasteiger partial charge in [-0.15, -0.1) is 0 Å². The fourth-order valence-electron chi connectivity index (χ4n) is 3.60. The lowest BCUT2D eigenvalue weighted by atomic mass is 10.0. The second-order valence-corrected chi connectivity index (χ2v) is 7.29. The minimum atomic E-state index is -0.556. The van der Waals surface area contributed by atoms with Gasteiger partial charge in [0.05, 0.1) is 4.92 Å². The van der Waals surface area contributed by atoms with Crippen molar-refractivity contribution < 1.29 is 18.9 Å².